The van der Waals surface area contributed by atoms with Crippen molar-refractivity contribution in [2.45, 2.75) is 43.9 Å². The molecule has 2 aromatic heterocycles. The summed E-state index contributed by atoms with van der Waals surface area (Å²) in [6, 6.07) is 5.07. The van der Waals surface area contributed by atoms with Crippen LogP contribution < -0.4 is 0 Å². The van der Waals surface area contributed by atoms with E-state index in [0.29, 0.717) is 41.8 Å². The second kappa shape index (κ2) is 7.25. The molecule has 0 aliphatic carbocycles. The Morgan fingerprint density at radius 1 is 1.33 bits per heavy atom. The van der Waals surface area contributed by atoms with Crippen molar-refractivity contribution in [1.82, 2.24) is 23.2 Å². The minimum atomic E-state index is -3.66. The second-order valence-electron chi connectivity index (χ2n) is 7.24. The first-order valence-electron chi connectivity index (χ1n) is 8.99. The molecule has 1 aliphatic heterocycles. The van der Waals surface area contributed by atoms with Crippen LogP contribution >= 0.6 is 11.7 Å². The van der Waals surface area contributed by atoms with E-state index < -0.39 is 10.0 Å². The van der Waals surface area contributed by atoms with Crippen LogP contribution in [0.2, 0.25) is 0 Å². The summed E-state index contributed by atoms with van der Waals surface area (Å²) >= 11 is 1.02. The Bertz CT molecular complexity index is 1040. The maximum Gasteiger partial charge on any atom is 0.245 e. The van der Waals surface area contributed by atoms with Crippen molar-refractivity contribution in [3.05, 3.63) is 29.9 Å². The average Bonchev–Trinajstić information content (AvgIpc) is 3.30. The summed E-state index contributed by atoms with van der Waals surface area (Å²) in [5.41, 5.74) is 1.03. The van der Waals surface area contributed by atoms with E-state index in [4.69, 9.17) is 4.52 Å². The van der Waals surface area contributed by atoms with Gasteiger partial charge in [-0.15, -0.1) is 0 Å². The minimum Gasteiger partial charge on any atom is -0.339 e. The highest BCUT2D eigenvalue weighted by Gasteiger charge is 2.34. The number of rotatable bonds is 5. The molecule has 0 amide bonds. The second-order valence-corrected chi connectivity index (χ2v) is 9.67. The summed E-state index contributed by atoms with van der Waals surface area (Å²) in [5.74, 6) is 1.55. The maximum atomic E-state index is 13.2. The number of hydrogen-bond donors (Lipinski definition) is 0. The Balaban J connectivity index is 1.59. The van der Waals surface area contributed by atoms with Crippen LogP contribution in [-0.2, 0) is 16.4 Å². The molecule has 1 unspecified atom stereocenters. The lowest BCUT2D eigenvalue weighted by atomic mass is 10.00. The molecule has 8 nitrogen and oxygen atoms in total. The number of nitrogens with zero attached hydrogens (tertiary/aromatic N) is 5. The summed E-state index contributed by atoms with van der Waals surface area (Å²) in [7, 11) is -3.66. The van der Waals surface area contributed by atoms with Gasteiger partial charge < -0.3 is 4.52 Å². The first-order chi connectivity index (χ1) is 12.9. The van der Waals surface area contributed by atoms with Gasteiger partial charge in [0.1, 0.15) is 15.9 Å². The Morgan fingerprint density at radius 3 is 3.00 bits per heavy atom. The molecule has 0 bridgehead atoms. The van der Waals surface area contributed by atoms with Crippen LogP contribution in [0.25, 0.3) is 11.0 Å². The maximum absolute atomic E-state index is 13.2. The van der Waals surface area contributed by atoms with Crippen molar-refractivity contribution >= 4 is 32.8 Å². The third-order valence-electron chi connectivity index (χ3n) is 4.67. The molecule has 1 aliphatic rings. The molecule has 27 heavy (non-hydrogen) atoms. The monoisotopic (exact) mass is 407 g/mol. The van der Waals surface area contributed by atoms with E-state index >= 15 is 0 Å². The van der Waals surface area contributed by atoms with Crippen molar-refractivity contribution in [2.75, 3.05) is 13.1 Å². The van der Waals surface area contributed by atoms with Gasteiger partial charge in [-0.2, -0.15) is 18.0 Å². The molecule has 10 heteroatoms. The van der Waals surface area contributed by atoms with E-state index in [9.17, 15) is 8.42 Å². The van der Waals surface area contributed by atoms with E-state index in [0.717, 1.165) is 31.0 Å². The number of piperidine rings is 1. The van der Waals surface area contributed by atoms with E-state index in [2.05, 4.69) is 32.7 Å². The SMILES string of the molecule is CC(C)Cc1noc(C2CCCN(S(=O)(=O)c3cccc4nsnc34)C2)n1. The molecule has 1 atom stereocenters. The Hall–Kier alpha value is -1.91. The van der Waals surface area contributed by atoms with Crippen LogP contribution in [0.5, 0.6) is 0 Å². The van der Waals surface area contributed by atoms with Crippen molar-refractivity contribution in [1.29, 1.82) is 0 Å². The average molecular weight is 408 g/mol. The van der Waals surface area contributed by atoms with Gasteiger partial charge in [-0.3, -0.25) is 0 Å². The number of benzene rings is 1. The fraction of sp³-hybridized carbons (Fsp3) is 0.529. The quantitative estimate of drug-likeness (QED) is 0.641. The van der Waals surface area contributed by atoms with Crippen molar-refractivity contribution in [2.24, 2.45) is 5.92 Å². The van der Waals surface area contributed by atoms with Gasteiger partial charge in [-0.1, -0.05) is 25.1 Å². The van der Waals surface area contributed by atoms with Crippen molar-refractivity contribution in [3.63, 3.8) is 0 Å². The Labute approximate surface area is 162 Å². The molecule has 1 fully saturated rings. The Kier molecular flexibility index (Phi) is 4.95. The van der Waals surface area contributed by atoms with Gasteiger partial charge in [0, 0.05) is 19.5 Å². The molecule has 1 aromatic carbocycles. The Morgan fingerprint density at radius 2 is 2.19 bits per heavy atom. The molecule has 0 spiro atoms. The van der Waals surface area contributed by atoms with Gasteiger partial charge in [0.05, 0.1) is 17.6 Å². The molecule has 3 heterocycles. The van der Waals surface area contributed by atoms with E-state index in [-0.39, 0.29) is 10.8 Å². The minimum absolute atomic E-state index is 0.0882. The van der Waals surface area contributed by atoms with Gasteiger partial charge in [0.15, 0.2) is 5.82 Å². The molecular weight excluding hydrogens is 386 g/mol. The van der Waals surface area contributed by atoms with E-state index in [1.165, 1.54) is 4.31 Å². The zero-order chi connectivity index (χ0) is 19.0. The summed E-state index contributed by atoms with van der Waals surface area (Å²) in [5, 5.41) is 4.04. The fourth-order valence-electron chi connectivity index (χ4n) is 3.37. The fourth-order valence-corrected chi connectivity index (χ4v) is 5.65. The molecule has 0 saturated carbocycles. The lowest BCUT2D eigenvalue weighted by molar-refractivity contribution is 0.265. The molecule has 0 N–H and O–H groups in total. The van der Waals surface area contributed by atoms with Gasteiger partial charge in [0.25, 0.3) is 0 Å². The van der Waals surface area contributed by atoms with Gasteiger partial charge >= 0.3 is 0 Å². The van der Waals surface area contributed by atoms with Crippen molar-refractivity contribution < 1.29 is 12.9 Å². The number of sulfonamides is 1. The van der Waals surface area contributed by atoms with Gasteiger partial charge in [-0.05, 0) is 30.9 Å². The molecule has 1 saturated heterocycles. The van der Waals surface area contributed by atoms with Crippen LogP contribution in [0.4, 0.5) is 0 Å². The molecular formula is C17H21N5O3S2. The van der Waals surface area contributed by atoms with E-state index in [1.54, 1.807) is 18.2 Å². The summed E-state index contributed by atoms with van der Waals surface area (Å²) < 4.78 is 41.7. The standard InChI is InChI=1S/C17H21N5O3S2/c1-11(2)9-15-18-17(25-19-15)12-5-4-8-22(10-12)27(23,24)14-7-3-6-13-16(14)21-26-20-13/h3,6-7,11-12H,4-5,8-10H2,1-2H3. The summed E-state index contributed by atoms with van der Waals surface area (Å²) in [4.78, 5) is 4.69. The number of hydrogen-bond acceptors (Lipinski definition) is 8. The summed E-state index contributed by atoms with van der Waals surface area (Å²) in [6.07, 6.45) is 2.33. The predicted octanol–water partition coefficient (Wildman–Crippen LogP) is 2.84. The third kappa shape index (κ3) is 3.61. The lowest BCUT2D eigenvalue weighted by Crippen LogP contribution is -2.39. The normalized spacial score (nSPS) is 19.1. The topological polar surface area (TPSA) is 102 Å². The summed E-state index contributed by atoms with van der Waals surface area (Å²) in [6.45, 7) is 5.00. The highest BCUT2D eigenvalue weighted by molar-refractivity contribution is 7.89. The van der Waals surface area contributed by atoms with Gasteiger partial charge in [0.2, 0.25) is 15.9 Å². The lowest BCUT2D eigenvalue weighted by Gasteiger charge is -2.30. The van der Waals surface area contributed by atoms with Crippen LogP contribution in [0.3, 0.4) is 0 Å². The first-order valence-corrected chi connectivity index (χ1v) is 11.2. The van der Waals surface area contributed by atoms with Crippen LogP contribution in [0.1, 0.15) is 44.3 Å². The zero-order valence-electron chi connectivity index (χ0n) is 15.2. The zero-order valence-corrected chi connectivity index (χ0v) is 16.8. The number of aromatic nitrogens is 4. The highest BCUT2D eigenvalue weighted by atomic mass is 32.2. The highest BCUT2D eigenvalue weighted by Crippen LogP contribution is 2.31. The largest absolute Gasteiger partial charge is 0.339 e. The molecule has 0 radical (unpaired) electrons. The van der Waals surface area contributed by atoms with Crippen molar-refractivity contribution in [3.8, 4) is 0 Å². The van der Waals surface area contributed by atoms with Crippen LogP contribution in [-0.4, -0.2) is 44.7 Å². The van der Waals surface area contributed by atoms with Gasteiger partial charge in [-0.25, -0.2) is 8.42 Å². The smallest absolute Gasteiger partial charge is 0.245 e. The van der Waals surface area contributed by atoms with Crippen LogP contribution in [0.15, 0.2) is 27.6 Å². The molecule has 4 rings (SSSR count). The molecule has 144 valence electrons. The van der Waals surface area contributed by atoms with E-state index in [1.807, 2.05) is 0 Å². The van der Waals surface area contributed by atoms with Crippen LogP contribution in [0, 0.1) is 5.92 Å². The number of fused-ring (bicyclic) bond motifs is 1. The third-order valence-corrected chi connectivity index (χ3v) is 7.11. The predicted molar refractivity (Wildman–Crippen MR) is 101 cm³/mol. The molecule has 3 aromatic rings. The first kappa shape index (κ1) is 18.5.